The number of halogens is 1. The molecule has 2 aromatic rings. The Bertz CT molecular complexity index is 1270. The number of nitrogens with zero attached hydrogens (tertiary/aromatic N) is 2. The van der Waals surface area contributed by atoms with Crippen LogP contribution in [0.5, 0.6) is 0 Å². The number of nitriles is 1. The Labute approximate surface area is 192 Å². The smallest absolute Gasteiger partial charge is 0.243 e. The molecule has 1 amide bonds. The Morgan fingerprint density at radius 1 is 1.27 bits per heavy atom. The van der Waals surface area contributed by atoms with Crippen molar-refractivity contribution < 1.29 is 17.6 Å². The third kappa shape index (κ3) is 3.92. The standard InChI is InChI=1S/C24H25FN4O3S/c1-29-13-18-8-14(5-7-22(18)33(29,31)32)15-2-3-16(21(25)11-15)9-20(12-26)28-24(30)23-17-4-6-19(10-17)27-23/h2-3,5,7-8,11,17,19-20,23,27H,4,6,9-10,13H2,1H3,(H,28,30). The van der Waals surface area contributed by atoms with Crippen molar-refractivity contribution in [1.82, 2.24) is 14.9 Å². The van der Waals surface area contributed by atoms with Crippen LogP contribution >= 0.6 is 0 Å². The van der Waals surface area contributed by atoms with Crippen LogP contribution in [-0.4, -0.2) is 43.8 Å². The molecule has 1 aliphatic carbocycles. The lowest BCUT2D eigenvalue weighted by Gasteiger charge is -2.23. The quantitative estimate of drug-likeness (QED) is 0.701. The lowest BCUT2D eigenvalue weighted by Crippen LogP contribution is -2.50. The second-order valence-electron chi connectivity index (χ2n) is 9.20. The normalized spacial score (nSPS) is 26.0. The van der Waals surface area contributed by atoms with Crippen LogP contribution in [0.3, 0.4) is 0 Å². The van der Waals surface area contributed by atoms with E-state index in [9.17, 15) is 22.9 Å². The molecular weight excluding hydrogens is 443 g/mol. The van der Waals surface area contributed by atoms with Crippen molar-refractivity contribution >= 4 is 15.9 Å². The molecule has 33 heavy (non-hydrogen) atoms. The largest absolute Gasteiger partial charge is 0.339 e. The summed E-state index contributed by atoms with van der Waals surface area (Å²) in [5.41, 5.74) is 2.36. The zero-order chi connectivity index (χ0) is 23.3. The summed E-state index contributed by atoms with van der Waals surface area (Å²) in [5.74, 6) is -0.346. The van der Waals surface area contributed by atoms with Crippen molar-refractivity contribution in [2.75, 3.05) is 7.05 Å². The van der Waals surface area contributed by atoms with E-state index in [4.69, 9.17) is 0 Å². The summed E-state index contributed by atoms with van der Waals surface area (Å²) in [6, 6.07) is 11.1. The predicted molar refractivity (Wildman–Crippen MR) is 120 cm³/mol. The van der Waals surface area contributed by atoms with Crippen molar-refractivity contribution in [3.8, 4) is 17.2 Å². The summed E-state index contributed by atoms with van der Waals surface area (Å²) in [6.07, 6.45) is 3.18. The molecule has 0 radical (unpaired) electrons. The number of rotatable bonds is 5. The van der Waals surface area contributed by atoms with Crippen LogP contribution < -0.4 is 10.6 Å². The fourth-order valence-electron chi connectivity index (χ4n) is 5.28. The third-order valence-electron chi connectivity index (χ3n) is 7.07. The molecule has 4 unspecified atom stereocenters. The molecule has 1 saturated heterocycles. The highest BCUT2D eigenvalue weighted by Crippen LogP contribution is 2.35. The molecule has 0 spiro atoms. The Kier molecular flexibility index (Phi) is 5.47. The Balaban J connectivity index is 1.30. The molecule has 172 valence electrons. The van der Waals surface area contributed by atoms with Gasteiger partial charge in [0.2, 0.25) is 15.9 Å². The van der Waals surface area contributed by atoms with Crippen LogP contribution in [-0.2, 0) is 27.8 Å². The number of piperidine rings is 1. The summed E-state index contributed by atoms with van der Waals surface area (Å²) >= 11 is 0. The van der Waals surface area contributed by atoms with Gasteiger partial charge in [-0.1, -0.05) is 18.2 Å². The molecule has 3 aliphatic rings. The van der Waals surface area contributed by atoms with Gasteiger partial charge in [-0.3, -0.25) is 4.79 Å². The van der Waals surface area contributed by atoms with E-state index >= 15 is 0 Å². The SMILES string of the molecule is CN1Cc2cc(-c3ccc(CC(C#N)NC(=O)C4NC5CCC4C5)c(F)c3)ccc2S1(=O)=O. The molecule has 9 heteroatoms. The average Bonchev–Trinajstić information content (AvgIpc) is 3.48. The van der Waals surface area contributed by atoms with E-state index in [1.807, 2.05) is 0 Å². The van der Waals surface area contributed by atoms with Gasteiger partial charge in [0.25, 0.3) is 0 Å². The second kappa shape index (κ2) is 8.20. The third-order valence-corrected chi connectivity index (χ3v) is 8.97. The summed E-state index contributed by atoms with van der Waals surface area (Å²) < 4.78 is 40.7. The first-order valence-corrected chi connectivity index (χ1v) is 12.5. The number of nitrogens with one attached hydrogen (secondary N) is 2. The van der Waals surface area contributed by atoms with Crippen LogP contribution in [0.15, 0.2) is 41.3 Å². The van der Waals surface area contributed by atoms with Crippen LogP contribution in [0, 0.1) is 23.1 Å². The number of amides is 1. The first-order valence-electron chi connectivity index (χ1n) is 11.1. The molecule has 2 bridgehead atoms. The van der Waals surface area contributed by atoms with Gasteiger partial charge < -0.3 is 10.6 Å². The van der Waals surface area contributed by atoms with Crippen molar-refractivity contribution in [3.05, 3.63) is 53.3 Å². The summed E-state index contributed by atoms with van der Waals surface area (Å²) in [4.78, 5) is 12.9. The number of benzene rings is 2. The zero-order valence-corrected chi connectivity index (χ0v) is 19.0. The van der Waals surface area contributed by atoms with E-state index in [1.165, 1.54) is 17.4 Å². The maximum atomic E-state index is 14.9. The van der Waals surface area contributed by atoms with E-state index in [0.717, 1.165) is 24.8 Å². The van der Waals surface area contributed by atoms with Gasteiger partial charge in [0, 0.05) is 26.1 Å². The van der Waals surface area contributed by atoms with Gasteiger partial charge in [-0.05, 0) is 65.6 Å². The van der Waals surface area contributed by atoms with E-state index in [0.29, 0.717) is 28.7 Å². The number of fused-ring (bicyclic) bond motifs is 3. The van der Waals surface area contributed by atoms with E-state index in [-0.39, 0.29) is 29.8 Å². The molecule has 2 aromatic carbocycles. The van der Waals surface area contributed by atoms with Crippen LogP contribution in [0.2, 0.25) is 0 Å². The molecule has 7 nitrogen and oxygen atoms in total. The van der Waals surface area contributed by atoms with Gasteiger partial charge in [-0.15, -0.1) is 0 Å². The van der Waals surface area contributed by atoms with Gasteiger partial charge in [-0.25, -0.2) is 12.8 Å². The topological polar surface area (TPSA) is 102 Å². The lowest BCUT2D eigenvalue weighted by atomic mass is 9.97. The van der Waals surface area contributed by atoms with Gasteiger partial charge in [0.15, 0.2) is 0 Å². The molecule has 1 saturated carbocycles. The minimum absolute atomic E-state index is 0.0718. The maximum absolute atomic E-state index is 14.9. The monoisotopic (exact) mass is 468 g/mol. The second-order valence-corrected chi connectivity index (χ2v) is 11.2. The number of carbonyl (C=O) groups is 1. The van der Waals surface area contributed by atoms with Gasteiger partial charge in [0.1, 0.15) is 11.9 Å². The Hall–Kier alpha value is -2.80. The summed E-state index contributed by atoms with van der Waals surface area (Å²) in [6.45, 7) is 0.285. The summed E-state index contributed by atoms with van der Waals surface area (Å²) in [5, 5.41) is 15.6. The van der Waals surface area contributed by atoms with Crippen LogP contribution in [0.25, 0.3) is 11.1 Å². The Morgan fingerprint density at radius 3 is 2.70 bits per heavy atom. The van der Waals surface area contributed by atoms with Gasteiger partial charge in [-0.2, -0.15) is 9.57 Å². The van der Waals surface area contributed by atoms with Crippen molar-refractivity contribution in [2.24, 2.45) is 5.92 Å². The molecular formula is C24H25FN4O3S. The van der Waals surface area contributed by atoms with Gasteiger partial charge in [0.05, 0.1) is 17.0 Å². The summed E-state index contributed by atoms with van der Waals surface area (Å²) in [7, 11) is -1.92. The minimum atomic E-state index is -3.44. The van der Waals surface area contributed by atoms with Crippen LogP contribution in [0.4, 0.5) is 4.39 Å². The zero-order valence-electron chi connectivity index (χ0n) is 18.2. The highest BCUT2D eigenvalue weighted by atomic mass is 32.2. The molecule has 0 aromatic heterocycles. The number of hydrogen-bond donors (Lipinski definition) is 2. The average molecular weight is 469 g/mol. The van der Waals surface area contributed by atoms with E-state index < -0.39 is 21.9 Å². The first kappa shape index (κ1) is 22.0. The Morgan fingerprint density at radius 2 is 2.03 bits per heavy atom. The molecule has 5 rings (SSSR count). The number of carbonyl (C=O) groups excluding carboxylic acids is 1. The van der Waals surface area contributed by atoms with E-state index in [2.05, 4.69) is 16.7 Å². The number of hydrogen-bond acceptors (Lipinski definition) is 5. The first-order chi connectivity index (χ1) is 15.8. The van der Waals surface area contributed by atoms with Crippen molar-refractivity contribution in [1.29, 1.82) is 5.26 Å². The molecule has 2 aliphatic heterocycles. The van der Waals surface area contributed by atoms with Crippen molar-refractivity contribution in [2.45, 2.75) is 55.2 Å². The van der Waals surface area contributed by atoms with Crippen molar-refractivity contribution in [3.63, 3.8) is 0 Å². The molecule has 2 fully saturated rings. The molecule has 2 heterocycles. The highest BCUT2D eigenvalue weighted by molar-refractivity contribution is 7.89. The predicted octanol–water partition coefficient (Wildman–Crippen LogP) is 2.32. The lowest BCUT2D eigenvalue weighted by molar-refractivity contribution is -0.124. The van der Waals surface area contributed by atoms with Crippen LogP contribution in [0.1, 0.15) is 30.4 Å². The number of sulfonamides is 1. The fourth-order valence-corrected chi connectivity index (χ4v) is 6.62. The van der Waals surface area contributed by atoms with Gasteiger partial charge >= 0.3 is 0 Å². The van der Waals surface area contributed by atoms with E-state index in [1.54, 1.807) is 30.3 Å². The minimum Gasteiger partial charge on any atom is -0.339 e. The maximum Gasteiger partial charge on any atom is 0.243 e. The molecule has 2 N–H and O–H groups in total. The highest BCUT2D eigenvalue weighted by Gasteiger charge is 2.43. The fraction of sp³-hybridized carbons (Fsp3) is 0.417. The molecule has 4 atom stereocenters.